The molecule has 0 unspecified atom stereocenters. The molecule has 12 aromatic heterocycles. The fourth-order valence-corrected chi connectivity index (χ4v) is 22.4. The number of furan rings is 1. The lowest BCUT2D eigenvalue weighted by Crippen LogP contribution is -2.13. The first-order valence-corrected chi connectivity index (χ1v) is 47.3. The topological polar surface area (TPSA) is 169 Å². The van der Waals surface area contributed by atoms with Crippen molar-refractivity contribution in [1.82, 2.24) is 81.4 Å². The minimum Gasteiger partial charge on any atom is -0.456 e. The molecule has 0 aliphatic rings. The molecule has 0 bridgehead atoms. The van der Waals surface area contributed by atoms with Gasteiger partial charge >= 0.3 is 0 Å². The van der Waals surface area contributed by atoms with Crippen molar-refractivity contribution in [3.05, 3.63) is 443 Å². The Morgan fingerprint density at radius 3 is 0.681 bits per heavy atom. The van der Waals surface area contributed by atoms with Gasteiger partial charge in [-0.25, -0.2) is 4.98 Å². The molecule has 0 N–H and O–H groups in total. The maximum Gasteiger partial charge on any atom is 0.241 e. The van der Waals surface area contributed by atoms with Crippen molar-refractivity contribution in [1.29, 1.82) is 0 Å². The predicted molar refractivity (Wildman–Crippen MR) is 571 cm³/mol. The van der Waals surface area contributed by atoms with Crippen LogP contribution in [0.3, 0.4) is 0 Å². The van der Waals surface area contributed by atoms with E-state index in [0.717, 1.165) is 214 Å². The summed E-state index contributed by atoms with van der Waals surface area (Å²) in [7, 11) is 0. The number of fused-ring (bicyclic) bond motifs is 29. The first-order valence-electron chi connectivity index (χ1n) is 47.3. The Labute approximate surface area is 801 Å². The third-order valence-corrected chi connectivity index (χ3v) is 28.4. The van der Waals surface area contributed by atoms with E-state index in [2.05, 4.69) is 407 Å². The summed E-state index contributed by atoms with van der Waals surface area (Å²) in [6, 6.07) is 155. The van der Waals surface area contributed by atoms with Gasteiger partial charge in [-0.15, -0.1) is 0 Å². The van der Waals surface area contributed by atoms with E-state index in [1.54, 1.807) is 0 Å². The Morgan fingerprint density at radius 1 is 0.135 bits per heavy atom. The highest BCUT2D eigenvalue weighted by Gasteiger charge is 2.31. The molecule has 0 amide bonds. The van der Waals surface area contributed by atoms with E-state index in [1.807, 2.05) is 72.8 Å². The van der Waals surface area contributed by atoms with Crippen LogP contribution in [0.4, 0.5) is 0 Å². The molecule has 0 spiro atoms. The molecule has 18 nitrogen and oxygen atoms in total. The molecule has 31 aromatic rings. The monoisotopic (exact) mass is 1800 g/mol. The summed E-state index contributed by atoms with van der Waals surface area (Å²) in [6.07, 6.45) is 0. The number of para-hydroxylation sites is 13. The number of benzene rings is 19. The number of hydrogen-bond donors (Lipinski definition) is 0. The van der Waals surface area contributed by atoms with Gasteiger partial charge in [-0.3, -0.25) is 32.0 Å². The first-order chi connectivity index (χ1) is 70.0. The molecule has 0 aliphatic carbocycles. The van der Waals surface area contributed by atoms with Gasteiger partial charge in [-0.1, -0.05) is 315 Å². The second kappa shape index (κ2) is 30.5. The zero-order valence-electron chi connectivity index (χ0n) is 75.2. The van der Waals surface area contributed by atoms with Crippen molar-refractivity contribution < 1.29 is 4.42 Å². The van der Waals surface area contributed by atoms with Crippen molar-refractivity contribution in [2.45, 2.75) is 0 Å². The molecule has 0 aliphatic heterocycles. The second-order valence-corrected chi connectivity index (χ2v) is 35.9. The van der Waals surface area contributed by atoms with Gasteiger partial charge in [-0.2, -0.15) is 39.9 Å². The highest BCUT2D eigenvalue weighted by atomic mass is 16.3. The largest absolute Gasteiger partial charge is 0.456 e. The van der Waals surface area contributed by atoms with Crippen LogP contribution in [-0.4, -0.2) is 81.4 Å². The third kappa shape index (κ3) is 11.7. The number of hydrogen-bond acceptors (Lipinski definition) is 10. The van der Waals surface area contributed by atoms with Crippen LogP contribution >= 0.6 is 0 Å². The lowest BCUT2D eigenvalue weighted by Gasteiger charge is -2.14. The van der Waals surface area contributed by atoms with E-state index in [4.69, 9.17) is 49.3 Å². The smallest absolute Gasteiger partial charge is 0.241 e. The molecular formula is C123H73N17O. The molecule has 19 aromatic carbocycles. The summed E-state index contributed by atoms with van der Waals surface area (Å²) < 4.78 is 23.9. The van der Waals surface area contributed by atoms with Gasteiger partial charge in [0.1, 0.15) is 11.2 Å². The Kier molecular flexibility index (Phi) is 16.8. The highest BCUT2D eigenvalue weighted by Crippen LogP contribution is 2.48. The van der Waals surface area contributed by atoms with Gasteiger partial charge in [0, 0.05) is 114 Å². The molecule has 0 radical (unpaired) electrons. The van der Waals surface area contributed by atoms with E-state index < -0.39 is 0 Å². The normalized spacial score (nSPS) is 12.1. The van der Waals surface area contributed by atoms with E-state index in [1.165, 1.54) is 10.8 Å². The maximum atomic E-state index is 6.15. The molecule has 141 heavy (non-hydrogen) atoms. The van der Waals surface area contributed by atoms with Gasteiger partial charge in [-0.05, 0) is 139 Å². The summed E-state index contributed by atoms with van der Waals surface area (Å²) in [5.74, 6) is 4.82. The van der Waals surface area contributed by atoms with Gasteiger partial charge in [0.25, 0.3) is 0 Å². The van der Waals surface area contributed by atoms with Crippen LogP contribution in [0.2, 0.25) is 0 Å². The lowest BCUT2D eigenvalue weighted by atomic mass is 10.0. The molecular weight excluding hydrogens is 1730 g/mol. The van der Waals surface area contributed by atoms with Crippen LogP contribution in [0.25, 0.3) is 278 Å². The van der Waals surface area contributed by atoms with Crippen molar-refractivity contribution >= 4 is 196 Å². The van der Waals surface area contributed by atoms with Crippen LogP contribution in [0.5, 0.6) is 0 Å². The standard InChI is InChI=1S/C72H42N12.C51H31N5O/c1-11-31-53-43(21-1)44-22-2-12-32-54(44)79(53)67-73-68(80-55-33-13-3-23-45(55)46-24-4-14-34-56(46)80)76-71(75-67)83-61-39-19-9-29-51(61)65-63(83)41-42-64-66(65)52-30-10-20-40-62(52)84(64)72-77-69(81-57-35-15-5-25-47(57)48-26-6-16-36-58(48)81)74-70(78-72)82-59-37-17-7-27-49(59)50-28-8-18-38-60(50)82;1-3-14-32(15-4-1)49-52-50(33-16-5-2-6-17-33)54-51(53-49)56-42-24-11-8-22-39(42)48-44(56)28-27-43-47(48)38-21-7-10-23-41(38)55(43)36-19-13-18-34(30-36)35-26-29-46-40(31-35)37-20-9-12-25-45(37)57-46/h1-42H;1-31H. The number of nitrogens with zero attached hydrogens (tertiary/aromatic N) is 17. The van der Waals surface area contributed by atoms with Crippen LogP contribution in [0.15, 0.2) is 447 Å². The van der Waals surface area contributed by atoms with Crippen LogP contribution < -0.4 is 0 Å². The van der Waals surface area contributed by atoms with E-state index in [-0.39, 0.29) is 0 Å². The van der Waals surface area contributed by atoms with Crippen molar-refractivity contribution in [3.63, 3.8) is 0 Å². The zero-order chi connectivity index (χ0) is 92.2. The van der Waals surface area contributed by atoms with Crippen LogP contribution in [0, 0.1) is 0 Å². The van der Waals surface area contributed by atoms with E-state index >= 15 is 0 Å². The average Bonchev–Trinajstić information content (AvgIpc) is 1.54. The molecule has 0 saturated heterocycles. The fraction of sp³-hybridized carbons (Fsp3) is 0. The summed E-state index contributed by atoms with van der Waals surface area (Å²) in [4.78, 5) is 48.7. The molecule has 656 valence electrons. The summed E-state index contributed by atoms with van der Waals surface area (Å²) >= 11 is 0. The number of aromatic nitrogens is 17. The molecule has 0 fully saturated rings. The molecule has 12 heterocycles. The van der Waals surface area contributed by atoms with Gasteiger partial charge in [0.15, 0.2) is 11.6 Å². The molecule has 0 atom stereocenters. The molecule has 31 rings (SSSR count). The predicted octanol–water partition coefficient (Wildman–Crippen LogP) is 29.6. The third-order valence-electron chi connectivity index (χ3n) is 28.4. The Balaban J connectivity index is 0.000000143. The van der Waals surface area contributed by atoms with Crippen molar-refractivity contribution in [2.75, 3.05) is 0 Å². The van der Waals surface area contributed by atoms with Gasteiger partial charge < -0.3 is 8.98 Å². The Morgan fingerprint density at radius 2 is 0.362 bits per heavy atom. The van der Waals surface area contributed by atoms with E-state index in [0.29, 0.717) is 53.3 Å². The minimum atomic E-state index is 0.483. The summed E-state index contributed by atoms with van der Waals surface area (Å²) in [5.41, 5.74) is 23.2. The summed E-state index contributed by atoms with van der Waals surface area (Å²) in [6.45, 7) is 0. The first kappa shape index (κ1) is 77.8. The summed E-state index contributed by atoms with van der Waals surface area (Å²) in [5, 5.41) is 20.1. The maximum absolute atomic E-state index is 6.15. The molecule has 0 saturated carbocycles. The quantitative estimate of drug-likeness (QED) is 0.121. The Hall–Kier alpha value is -19.6. The Bertz CT molecular complexity index is 9820. The lowest BCUT2D eigenvalue weighted by molar-refractivity contribution is 0.669. The zero-order valence-corrected chi connectivity index (χ0v) is 75.2. The van der Waals surface area contributed by atoms with Gasteiger partial charge in [0.05, 0.1) is 88.3 Å². The minimum absolute atomic E-state index is 0.483. The van der Waals surface area contributed by atoms with Crippen LogP contribution in [0.1, 0.15) is 0 Å². The van der Waals surface area contributed by atoms with Crippen molar-refractivity contribution in [2.24, 2.45) is 0 Å². The SMILES string of the molecule is c1ccc(-c2nc(-c3ccccc3)nc(-n3c4ccccc4c4c5c6ccccc6n(-c6cccc(-c7ccc8oc9ccccc9c8c7)c6)c5ccc43)n2)cc1.c1ccc2c(c1)c1ccccc1n2-c1nc(-n2c3ccccc3c3ccccc32)nc(-n2c3ccccc3c3c4c5ccccc5n(-c5nc(-n6c7ccccc7c7ccccc76)nc(-n6c7ccccc7c7ccccc76)n5)c4ccc32)n1. The highest BCUT2D eigenvalue weighted by molar-refractivity contribution is 6.31. The number of rotatable bonds is 11. The van der Waals surface area contributed by atoms with E-state index in [9.17, 15) is 0 Å². The molecule has 18 heteroatoms. The van der Waals surface area contributed by atoms with Crippen LogP contribution in [-0.2, 0) is 0 Å². The second-order valence-electron chi connectivity index (χ2n) is 35.9. The van der Waals surface area contributed by atoms with Gasteiger partial charge in [0.2, 0.25) is 41.6 Å². The fourth-order valence-electron chi connectivity index (χ4n) is 22.4. The van der Waals surface area contributed by atoms with Crippen molar-refractivity contribution in [3.8, 4) is 81.2 Å². The average molecular weight is 1810 g/mol.